The minimum atomic E-state index is -0.463. The molecule has 0 aliphatic heterocycles. The topological polar surface area (TPSA) is 84.0 Å². The smallest absolute Gasteiger partial charge is 0.267 e. The van der Waals surface area contributed by atoms with Crippen molar-refractivity contribution in [3.63, 3.8) is 0 Å². The maximum absolute atomic E-state index is 12.0. The van der Waals surface area contributed by atoms with Gasteiger partial charge in [-0.3, -0.25) is 25.4 Å². The summed E-state index contributed by atoms with van der Waals surface area (Å²) < 4.78 is 0. The van der Waals surface area contributed by atoms with Gasteiger partial charge in [0, 0.05) is 28.7 Å². The van der Waals surface area contributed by atoms with Gasteiger partial charge in [0.2, 0.25) is 0 Å². The molecule has 0 radical (unpaired) electrons. The van der Waals surface area contributed by atoms with E-state index in [0.717, 1.165) is 10.6 Å². The summed E-state index contributed by atoms with van der Waals surface area (Å²) in [7, 11) is 0. The van der Waals surface area contributed by atoms with Crippen LogP contribution < -0.4 is 10.9 Å². The van der Waals surface area contributed by atoms with Gasteiger partial charge in [-0.1, -0.05) is 0 Å². The summed E-state index contributed by atoms with van der Waals surface area (Å²) in [6, 6.07) is 5.19. The number of carbonyl (C=O) groups excluding carboxylic acids is 2. The Morgan fingerprint density at radius 1 is 1.09 bits per heavy atom. The van der Waals surface area contributed by atoms with Crippen LogP contribution in [0.3, 0.4) is 0 Å². The van der Waals surface area contributed by atoms with Gasteiger partial charge in [-0.05, 0) is 23.6 Å². The first-order chi connectivity index (χ1) is 10.7. The SMILES string of the molecule is O=C(NNC(=O)c1csc(-c2ccsc2)n1)c1cccnc1. The molecule has 3 rings (SSSR count). The molecule has 3 heterocycles. The fourth-order valence-corrected chi connectivity index (χ4v) is 3.16. The van der Waals surface area contributed by atoms with E-state index in [1.807, 2.05) is 16.8 Å². The molecular weight excluding hydrogens is 320 g/mol. The Balaban J connectivity index is 1.62. The Morgan fingerprint density at radius 3 is 2.68 bits per heavy atom. The van der Waals surface area contributed by atoms with Gasteiger partial charge in [-0.2, -0.15) is 11.3 Å². The first-order valence-electron chi connectivity index (χ1n) is 6.23. The van der Waals surface area contributed by atoms with E-state index in [4.69, 9.17) is 0 Å². The second kappa shape index (κ2) is 6.46. The predicted octanol–water partition coefficient (Wildman–Crippen LogP) is 2.34. The highest BCUT2D eigenvalue weighted by Crippen LogP contribution is 2.25. The highest BCUT2D eigenvalue weighted by Gasteiger charge is 2.13. The lowest BCUT2D eigenvalue weighted by molar-refractivity contribution is 0.0844. The molecule has 0 bridgehead atoms. The average molecular weight is 330 g/mol. The maximum atomic E-state index is 12.0. The molecule has 3 aromatic heterocycles. The van der Waals surface area contributed by atoms with Gasteiger partial charge in [0.05, 0.1) is 5.56 Å². The minimum absolute atomic E-state index is 0.262. The zero-order valence-electron chi connectivity index (χ0n) is 11.1. The summed E-state index contributed by atoms with van der Waals surface area (Å²) in [6.45, 7) is 0. The van der Waals surface area contributed by atoms with E-state index in [0.29, 0.717) is 5.56 Å². The van der Waals surface area contributed by atoms with Crippen molar-refractivity contribution in [3.05, 3.63) is 58.0 Å². The number of carbonyl (C=O) groups is 2. The number of rotatable bonds is 3. The van der Waals surface area contributed by atoms with E-state index in [1.54, 1.807) is 35.0 Å². The van der Waals surface area contributed by atoms with Crippen LogP contribution in [0.1, 0.15) is 20.8 Å². The third-order valence-corrected chi connectivity index (χ3v) is 4.29. The summed E-state index contributed by atoms with van der Waals surface area (Å²) in [5, 5.41) is 6.33. The molecule has 3 aromatic rings. The van der Waals surface area contributed by atoms with Crippen molar-refractivity contribution in [2.45, 2.75) is 0 Å². The normalized spacial score (nSPS) is 10.2. The molecule has 2 amide bonds. The van der Waals surface area contributed by atoms with E-state index >= 15 is 0 Å². The standard InChI is InChI=1S/C14H10N4O2S2/c19-12(9-2-1-4-15-6-9)17-18-13(20)11-8-22-14(16-11)10-3-5-21-7-10/h1-8H,(H,17,19)(H,18,20). The Bertz CT molecular complexity index is 784. The van der Waals surface area contributed by atoms with Crippen molar-refractivity contribution >= 4 is 34.5 Å². The molecular formula is C14H10N4O2S2. The summed E-state index contributed by atoms with van der Waals surface area (Å²) in [5.74, 6) is -0.898. The summed E-state index contributed by atoms with van der Waals surface area (Å²) >= 11 is 2.95. The minimum Gasteiger partial charge on any atom is -0.267 e. The number of hydrogen-bond acceptors (Lipinski definition) is 6. The van der Waals surface area contributed by atoms with Gasteiger partial charge in [0.25, 0.3) is 11.8 Å². The average Bonchev–Trinajstić information content (AvgIpc) is 3.23. The molecule has 2 N–H and O–H groups in total. The van der Waals surface area contributed by atoms with Crippen molar-refractivity contribution in [1.82, 2.24) is 20.8 Å². The second-order valence-electron chi connectivity index (χ2n) is 4.20. The van der Waals surface area contributed by atoms with Crippen LogP contribution in [0, 0.1) is 0 Å². The van der Waals surface area contributed by atoms with E-state index in [9.17, 15) is 9.59 Å². The quantitative estimate of drug-likeness (QED) is 0.722. The van der Waals surface area contributed by atoms with Crippen molar-refractivity contribution in [2.75, 3.05) is 0 Å². The van der Waals surface area contributed by atoms with Crippen LogP contribution >= 0.6 is 22.7 Å². The number of nitrogens with zero attached hydrogens (tertiary/aromatic N) is 2. The van der Waals surface area contributed by atoms with E-state index in [2.05, 4.69) is 20.8 Å². The Kier molecular flexibility index (Phi) is 4.22. The van der Waals surface area contributed by atoms with Crippen LogP contribution in [-0.4, -0.2) is 21.8 Å². The Hall–Kier alpha value is -2.58. The molecule has 0 fully saturated rings. The number of thiazole rings is 1. The molecule has 0 aliphatic carbocycles. The maximum Gasteiger partial charge on any atom is 0.289 e. The highest BCUT2D eigenvalue weighted by atomic mass is 32.1. The molecule has 0 aromatic carbocycles. The number of nitrogens with one attached hydrogen (secondary N) is 2. The molecule has 0 saturated carbocycles. The van der Waals surface area contributed by atoms with Crippen molar-refractivity contribution in [1.29, 1.82) is 0 Å². The lowest BCUT2D eigenvalue weighted by atomic mass is 10.3. The third kappa shape index (κ3) is 3.18. The summed E-state index contributed by atoms with van der Waals surface area (Å²) in [4.78, 5) is 31.9. The van der Waals surface area contributed by atoms with Crippen LogP contribution in [0.2, 0.25) is 0 Å². The zero-order chi connectivity index (χ0) is 15.4. The first-order valence-corrected chi connectivity index (χ1v) is 8.05. The number of pyridine rings is 1. The largest absolute Gasteiger partial charge is 0.289 e. The number of thiophene rings is 1. The van der Waals surface area contributed by atoms with Crippen LogP contribution in [0.4, 0.5) is 0 Å². The van der Waals surface area contributed by atoms with E-state index < -0.39 is 11.8 Å². The highest BCUT2D eigenvalue weighted by molar-refractivity contribution is 7.14. The lowest BCUT2D eigenvalue weighted by Crippen LogP contribution is -2.41. The summed E-state index contributed by atoms with van der Waals surface area (Å²) in [5.41, 5.74) is 6.27. The molecule has 0 unspecified atom stereocenters. The second-order valence-corrected chi connectivity index (χ2v) is 5.84. The van der Waals surface area contributed by atoms with Crippen LogP contribution in [-0.2, 0) is 0 Å². The molecule has 110 valence electrons. The first kappa shape index (κ1) is 14.4. The van der Waals surface area contributed by atoms with E-state index in [1.165, 1.54) is 17.5 Å². The molecule has 0 atom stereocenters. The predicted molar refractivity (Wildman–Crippen MR) is 84.6 cm³/mol. The number of hydrogen-bond donors (Lipinski definition) is 2. The van der Waals surface area contributed by atoms with Gasteiger partial charge in [-0.25, -0.2) is 4.98 Å². The molecule has 0 saturated heterocycles. The summed E-state index contributed by atoms with van der Waals surface area (Å²) in [6.07, 6.45) is 2.98. The Labute approximate surface area is 133 Å². The zero-order valence-corrected chi connectivity index (χ0v) is 12.8. The van der Waals surface area contributed by atoms with Gasteiger partial charge >= 0.3 is 0 Å². The molecule has 6 nitrogen and oxygen atoms in total. The fraction of sp³-hybridized carbons (Fsp3) is 0. The van der Waals surface area contributed by atoms with Crippen LogP contribution in [0.25, 0.3) is 10.6 Å². The van der Waals surface area contributed by atoms with Gasteiger partial charge < -0.3 is 0 Å². The van der Waals surface area contributed by atoms with Gasteiger partial charge in [-0.15, -0.1) is 11.3 Å². The van der Waals surface area contributed by atoms with Crippen LogP contribution in [0.15, 0.2) is 46.7 Å². The van der Waals surface area contributed by atoms with E-state index in [-0.39, 0.29) is 5.69 Å². The van der Waals surface area contributed by atoms with Crippen molar-refractivity contribution in [2.24, 2.45) is 0 Å². The van der Waals surface area contributed by atoms with Gasteiger partial charge in [0.15, 0.2) is 0 Å². The molecule has 0 spiro atoms. The van der Waals surface area contributed by atoms with Crippen molar-refractivity contribution < 1.29 is 9.59 Å². The van der Waals surface area contributed by atoms with Gasteiger partial charge in [0.1, 0.15) is 10.7 Å². The molecule has 8 heteroatoms. The van der Waals surface area contributed by atoms with Crippen LogP contribution in [0.5, 0.6) is 0 Å². The Morgan fingerprint density at radius 2 is 1.95 bits per heavy atom. The monoisotopic (exact) mass is 330 g/mol. The number of amides is 2. The molecule has 22 heavy (non-hydrogen) atoms. The number of aromatic nitrogens is 2. The molecule has 0 aliphatic rings. The lowest BCUT2D eigenvalue weighted by Gasteiger charge is -2.05. The fourth-order valence-electron chi connectivity index (χ4n) is 1.64. The third-order valence-electron chi connectivity index (χ3n) is 2.72. The van der Waals surface area contributed by atoms with Crippen molar-refractivity contribution in [3.8, 4) is 10.6 Å². The number of hydrazine groups is 1.